The molecule has 1 saturated carbocycles. The van der Waals surface area contributed by atoms with Crippen molar-refractivity contribution < 1.29 is 14.3 Å². The topological polar surface area (TPSA) is 61.5 Å². The van der Waals surface area contributed by atoms with Crippen LogP contribution in [0.15, 0.2) is 24.3 Å². The molecule has 1 unspecified atom stereocenters. The van der Waals surface area contributed by atoms with Crippen molar-refractivity contribution in [2.45, 2.75) is 25.3 Å². The van der Waals surface area contributed by atoms with Gasteiger partial charge in [0.2, 0.25) is 0 Å². The number of nitrogens with two attached hydrogens (primary N) is 1. The van der Waals surface area contributed by atoms with E-state index in [1.54, 1.807) is 0 Å². The van der Waals surface area contributed by atoms with Crippen molar-refractivity contribution in [1.82, 2.24) is 0 Å². The van der Waals surface area contributed by atoms with Crippen LogP contribution in [-0.2, 0) is 16.0 Å². The van der Waals surface area contributed by atoms with E-state index in [2.05, 4.69) is 4.74 Å². The molecule has 1 aromatic carbocycles. The predicted molar refractivity (Wildman–Crippen MR) is 75.6 cm³/mol. The first-order chi connectivity index (χ1) is 8.69. The Balaban J connectivity index is 0.00000180. The maximum absolute atomic E-state index is 11.2. The Bertz CT molecular complexity index is 404. The molecule has 106 valence electrons. The second-order valence-corrected chi connectivity index (χ2v) is 4.73. The van der Waals surface area contributed by atoms with Gasteiger partial charge >= 0.3 is 5.97 Å². The number of esters is 1. The van der Waals surface area contributed by atoms with Gasteiger partial charge in [-0.05, 0) is 42.9 Å². The fourth-order valence-corrected chi connectivity index (χ4v) is 1.71. The molecule has 0 spiro atoms. The number of rotatable bonds is 6. The lowest BCUT2D eigenvalue weighted by Gasteiger charge is -2.10. The molecule has 1 fully saturated rings. The third-order valence-electron chi connectivity index (χ3n) is 3.07. The van der Waals surface area contributed by atoms with Crippen LogP contribution < -0.4 is 10.5 Å². The van der Waals surface area contributed by atoms with Gasteiger partial charge in [-0.1, -0.05) is 12.1 Å². The van der Waals surface area contributed by atoms with Crippen LogP contribution in [0.1, 0.15) is 18.4 Å². The number of carbonyl (C=O) groups excluding carboxylic acids is 1. The summed E-state index contributed by atoms with van der Waals surface area (Å²) in [6, 6.07) is 7.10. The standard InChI is InChI=1S/C14H19NO3.ClH/c1-17-14(16)13(15)8-10-4-6-12(7-5-10)18-9-11-2-3-11;/h4-7,11,13H,2-3,8-9,15H2,1H3;1H. The molecule has 1 aromatic rings. The second kappa shape index (κ2) is 7.36. The lowest BCUT2D eigenvalue weighted by molar-refractivity contribution is -0.142. The molecule has 0 aromatic heterocycles. The van der Waals surface area contributed by atoms with Crippen LogP contribution in [-0.4, -0.2) is 25.7 Å². The van der Waals surface area contributed by atoms with Crippen molar-refractivity contribution in [3.63, 3.8) is 0 Å². The largest absolute Gasteiger partial charge is 0.493 e. The highest BCUT2D eigenvalue weighted by Crippen LogP contribution is 2.29. The summed E-state index contributed by atoms with van der Waals surface area (Å²) in [6.45, 7) is 0.807. The number of hydrogen-bond donors (Lipinski definition) is 1. The van der Waals surface area contributed by atoms with Crippen LogP contribution in [0.2, 0.25) is 0 Å². The molecule has 2 N–H and O–H groups in total. The zero-order valence-corrected chi connectivity index (χ0v) is 11.8. The molecule has 2 rings (SSSR count). The van der Waals surface area contributed by atoms with Crippen molar-refractivity contribution in [3.8, 4) is 5.75 Å². The van der Waals surface area contributed by atoms with Crippen molar-refractivity contribution in [2.24, 2.45) is 11.7 Å². The SMILES string of the molecule is COC(=O)C(N)Cc1ccc(OCC2CC2)cc1.Cl. The second-order valence-electron chi connectivity index (χ2n) is 4.73. The lowest BCUT2D eigenvalue weighted by atomic mass is 10.1. The highest BCUT2D eigenvalue weighted by atomic mass is 35.5. The third kappa shape index (κ3) is 5.09. The maximum atomic E-state index is 11.2. The summed E-state index contributed by atoms with van der Waals surface area (Å²) in [5, 5.41) is 0. The van der Waals surface area contributed by atoms with Crippen LogP contribution in [0.4, 0.5) is 0 Å². The Morgan fingerprint density at radius 3 is 2.53 bits per heavy atom. The normalized spacial score (nSPS) is 15.3. The Morgan fingerprint density at radius 2 is 2.00 bits per heavy atom. The van der Waals surface area contributed by atoms with Crippen molar-refractivity contribution in [3.05, 3.63) is 29.8 Å². The van der Waals surface area contributed by atoms with Crippen LogP contribution in [0.25, 0.3) is 0 Å². The van der Waals surface area contributed by atoms with Gasteiger partial charge in [-0.15, -0.1) is 12.4 Å². The van der Waals surface area contributed by atoms with Crippen LogP contribution in [0, 0.1) is 5.92 Å². The zero-order chi connectivity index (χ0) is 13.0. The van der Waals surface area contributed by atoms with E-state index < -0.39 is 6.04 Å². The molecule has 4 nitrogen and oxygen atoms in total. The van der Waals surface area contributed by atoms with Crippen molar-refractivity contribution in [1.29, 1.82) is 0 Å². The van der Waals surface area contributed by atoms with Gasteiger partial charge in [0.25, 0.3) is 0 Å². The Labute approximate surface area is 119 Å². The van der Waals surface area contributed by atoms with E-state index in [0.717, 1.165) is 23.8 Å². The van der Waals surface area contributed by atoms with Gasteiger partial charge < -0.3 is 15.2 Å². The molecule has 0 amide bonds. The molecule has 0 heterocycles. The molecule has 19 heavy (non-hydrogen) atoms. The first kappa shape index (κ1) is 15.8. The van der Waals surface area contributed by atoms with E-state index in [-0.39, 0.29) is 18.4 Å². The molecule has 1 aliphatic rings. The lowest BCUT2D eigenvalue weighted by Crippen LogP contribution is -2.33. The first-order valence-corrected chi connectivity index (χ1v) is 6.24. The number of methoxy groups -OCH3 is 1. The quantitative estimate of drug-likeness (QED) is 0.812. The van der Waals surface area contributed by atoms with Gasteiger partial charge in [0.05, 0.1) is 13.7 Å². The van der Waals surface area contributed by atoms with E-state index >= 15 is 0 Å². The Hall–Kier alpha value is -1.26. The minimum absolute atomic E-state index is 0. The van der Waals surface area contributed by atoms with E-state index in [0.29, 0.717) is 6.42 Å². The average molecular weight is 286 g/mol. The van der Waals surface area contributed by atoms with E-state index in [9.17, 15) is 4.79 Å². The average Bonchev–Trinajstić information content (AvgIpc) is 3.21. The molecule has 5 heteroatoms. The van der Waals surface area contributed by atoms with Gasteiger partial charge in [0, 0.05) is 0 Å². The number of ether oxygens (including phenoxy) is 2. The molecule has 1 atom stereocenters. The summed E-state index contributed by atoms with van der Waals surface area (Å²) in [5.74, 6) is 1.23. The van der Waals surface area contributed by atoms with Gasteiger partial charge in [-0.25, -0.2) is 0 Å². The third-order valence-corrected chi connectivity index (χ3v) is 3.07. The number of halogens is 1. The highest BCUT2D eigenvalue weighted by Gasteiger charge is 2.21. The fraction of sp³-hybridized carbons (Fsp3) is 0.500. The molecule has 0 aliphatic heterocycles. The number of benzene rings is 1. The molecule has 0 bridgehead atoms. The van der Waals surface area contributed by atoms with Crippen molar-refractivity contribution >= 4 is 18.4 Å². The zero-order valence-electron chi connectivity index (χ0n) is 11.0. The maximum Gasteiger partial charge on any atom is 0.322 e. The van der Waals surface area contributed by atoms with Crippen LogP contribution in [0.5, 0.6) is 5.75 Å². The minimum Gasteiger partial charge on any atom is -0.493 e. The summed E-state index contributed by atoms with van der Waals surface area (Å²) >= 11 is 0. The summed E-state index contributed by atoms with van der Waals surface area (Å²) in [7, 11) is 1.34. The van der Waals surface area contributed by atoms with Gasteiger partial charge in [0.1, 0.15) is 11.8 Å². The van der Waals surface area contributed by atoms with Crippen LogP contribution >= 0.6 is 12.4 Å². The Morgan fingerprint density at radius 1 is 1.37 bits per heavy atom. The summed E-state index contributed by atoms with van der Waals surface area (Å²) in [6.07, 6.45) is 3.05. The molecule has 1 aliphatic carbocycles. The Kier molecular flexibility index (Phi) is 6.12. The van der Waals surface area contributed by atoms with Crippen molar-refractivity contribution in [2.75, 3.05) is 13.7 Å². The highest BCUT2D eigenvalue weighted by molar-refractivity contribution is 5.85. The van der Waals surface area contributed by atoms with E-state index in [4.69, 9.17) is 10.5 Å². The number of carbonyl (C=O) groups is 1. The fourth-order valence-electron chi connectivity index (χ4n) is 1.71. The minimum atomic E-state index is -0.603. The molecule has 0 radical (unpaired) electrons. The van der Waals surface area contributed by atoms with Crippen LogP contribution in [0.3, 0.4) is 0 Å². The summed E-state index contributed by atoms with van der Waals surface area (Å²) < 4.78 is 10.2. The molecular formula is C14H20ClNO3. The smallest absolute Gasteiger partial charge is 0.322 e. The summed E-state index contributed by atoms with van der Waals surface area (Å²) in [4.78, 5) is 11.2. The monoisotopic (exact) mass is 285 g/mol. The van der Waals surface area contributed by atoms with Gasteiger partial charge in [0.15, 0.2) is 0 Å². The number of hydrogen-bond acceptors (Lipinski definition) is 4. The van der Waals surface area contributed by atoms with E-state index in [1.807, 2.05) is 24.3 Å². The molecule has 0 saturated heterocycles. The van der Waals surface area contributed by atoms with E-state index in [1.165, 1.54) is 20.0 Å². The van der Waals surface area contributed by atoms with Gasteiger partial charge in [-0.2, -0.15) is 0 Å². The first-order valence-electron chi connectivity index (χ1n) is 6.24. The predicted octanol–water partition coefficient (Wildman–Crippen LogP) is 1.94. The van der Waals surface area contributed by atoms with Gasteiger partial charge in [-0.3, -0.25) is 4.79 Å². The molecular weight excluding hydrogens is 266 g/mol. The summed E-state index contributed by atoms with van der Waals surface area (Å²) in [5.41, 5.74) is 6.70.